The van der Waals surface area contributed by atoms with Crippen molar-refractivity contribution in [2.75, 3.05) is 0 Å². The fourth-order valence-electron chi connectivity index (χ4n) is 3.33. The van der Waals surface area contributed by atoms with E-state index in [2.05, 4.69) is 60.0 Å². The average molecular weight is 292 g/mol. The predicted molar refractivity (Wildman–Crippen MR) is 91.9 cm³/mol. The van der Waals surface area contributed by atoms with Crippen molar-refractivity contribution in [1.82, 2.24) is 0 Å². The van der Waals surface area contributed by atoms with E-state index in [0.29, 0.717) is 0 Å². The van der Waals surface area contributed by atoms with Gasteiger partial charge in [-0.3, -0.25) is 0 Å². The molecule has 1 fully saturated rings. The van der Waals surface area contributed by atoms with Crippen LogP contribution in [0.5, 0.6) is 0 Å². The number of hydrogen-bond acceptors (Lipinski definition) is 1. The van der Waals surface area contributed by atoms with E-state index in [1.165, 1.54) is 42.0 Å². The molecular formula is C20H20S. The molecule has 1 heterocycles. The molecule has 2 aromatic carbocycles. The highest BCUT2D eigenvalue weighted by Gasteiger charge is 2.31. The molecule has 1 aliphatic rings. The highest BCUT2D eigenvalue weighted by atomic mass is 32.1. The highest BCUT2D eigenvalue weighted by Crippen LogP contribution is 2.40. The summed E-state index contributed by atoms with van der Waals surface area (Å²) >= 11 is 1.91. The standard InChI is InChI=1S/C20H20S/c1-2-5-18-12-15(7-8-16(18)4-1)13-19(17-9-10-17)14-20-6-3-11-21-20/h1-8,11-12,17,19H,9-10,13-14H2. The molecular weight excluding hydrogens is 272 g/mol. The number of hydrogen-bond donors (Lipinski definition) is 0. The second-order valence-corrected chi connectivity index (χ2v) is 7.30. The molecule has 1 atom stereocenters. The van der Waals surface area contributed by atoms with Gasteiger partial charge in [0.05, 0.1) is 0 Å². The second-order valence-electron chi connectivity index (χ2n) is 6.27. The lowest BCUT2D eigenvalue weighted by atomic mass is 9.90. The van der Waals surface area contributed by atoms with Gasteiger partial charge in [-0.05, 0) is 65.3 Å². The molecule has 21 heavy (non-hydrogen) atoms. The lowest BCUT2D eigenvalue weighted by Gasteiger charge is -2.16. The van der Waals surface area contributed by atoms with Crippen LogP contribution in [0.25, 0.3) is 10.8 Å². The van der Waals surface area contributed by atoms with Crippen LogP contribution in [-0.4, -0.2) is 0 Å². The van der Waals surface area contributed by atoms with Gasteiger partial charge in [0.15, 0.2) is 0 Å². The molecule has 0 bridgehead atoms. The van der Waals surface area contributed by atoms with Gasteiger partial charge in [-0.15, -0.1) is 11.3 Å². The van der Waals surface area contributed by atoms with Gasteiger partial charge in [-0.2, -0.15) is 0 Å². The van der Waals surface area contributed by atoms with Crippen LogP contribution in [-0.2, 0) is 12.8 Å². The van der Waals surface area contributed by atoms with Crippen molar-refractivity contribution in [3.05, 3.63) is 70.4 Å². The van der Waals surface area contributed by atoms with Crippen molar-refractivity contribution in [1.29, 1.82) is 0 Å². The molecule has 0 nitrogen and oxygen atoms in total. The van der Waals surface area contributed by atoms with E-state index in [1.807, 2.05) is 11.3 Å². The summed E-state index contributed by atoms with van der Waals surface area (Å²) in [6, 6.07) is 20.1. The lowest BCUT2D eigenvalue weighted by molar-refractivity contribution is 0.460. The molecule has 1 saturated carbocycles. The Bertz CT molecular complexity index is 722. The number of thiophene rings is 1. The summed E-state index contributed by atoms with van der Waals surface area (Å²) in [6.45, 7) is 0. The van der Waals surface area contributed by atoms with Crippen molar-refractivity contribution < 1.29 is 0 Å². The summed E-state index contributed by atoms with van der Waals surface area (Å²) in [5.41, 5.74) is 1.50. The fraction of sp³-hybridized carbons (Fsp3) is 0.300. The molecule has 0 radical (unpaired) electrons. The van der Waals surface area contributed by atoms with Crippen molar-refractivity contribution >= 4 is 22.1 Å². The van der Waals surface area contributed by atoms with Gasteiger partial charge >= 0.3 is 0 Å². The van der Waals surface area contributed by atoms with Crippen molar-refractivity contribution in [3.63, 3.8) is 0 Å². The van der Waals surface area contributed by atoms with E-state index in [0.717, 1.165) is 11.8 Å². The SMILES string of the molecule is c1csc(CC(Cc2ccc3ccccc3c2)C2CC2)c1. The van der Waals surface area contributed by atoms with Crippen LogP contribution in [0, 0.1) is 11.8 Å². The van der Waals surface area contributed by atoms with Crippen LogP contribution in [0.1, 0.15) is 23.3 Å². The maximum Gasteiger partial charge on any atom is 0.00481 e. The van der Waals surface area contributed by atoms with Gasteiger partial charge < -0.3 is 0 Å². The summed E-state index contributed by atoms with van der Waals surface area (Å²) in [5.74, 6) is 1.78. The smallest absolute Gasteiger partial charge is 0.00481 e. The zero-order chi connectivity index (χ0) is 14.1. The van der Waals surface area contributed by atoms with Gasteiger partial charge in [-0.25, -0.2) is 0 Å². The Balaban J connectivity index is 1.56. The second kappa shape index (κ2) is 5.65. The van der Waals surface area contributed by atoms with Gasteiger partial charge in [-0.1, -0.05) is 48.5 Å². The Hall–Kier alpha value is -1.60. The molecule has 1 aromatic heterocycles. The van der Waals surface area contributed by atoms with E-state index in [-0.39, 0.29) is 0 Å². The van der Waals surface area contributed by atoms with Crippen LogP contribution in [0.4, 0.5) is 0 Å². The summed E-state index contributed by atoms with van der Waals surface area (Å²) in [5, 5.41) is 4.93. The predicted octanol–water partition coefficient (Wildman–Crippen LogP) is 5.71. The average Bonchev–Trinajstić information content (AvgIpc) is 3.24. The quantitative estimate of drug-likeness (QED) is 0.565. The first-order valence-electron chi connectivity index (χ1n) is 7.88. The third-order valence-electron chi connectivity index (χ3n) is 4.64. The molecule has 0 N–H and O–H groups in total. The Kier molecular flexibility index (Phi) is 3.52. The maximum atomic E-state index is 2.39. The summed E-state index contributed by atoms with van der Waals surface area (Å²) in [4.78, 5) is 1.55. The Morgan fingerprint density at radius 2 is 1.76 bits per heavy atom. The van der Waals surface area contributed by atoms with Crippen LogP contribution in [0.3, 0.4) is 0 Å². The Morgan fingerprint density at radius 1 is 0.905 bits per heavy atom. The first-order valence-corrected chi connectivity index (χ1v) is 8.76. The molecule has 0 aliphatic heterocycles. The highest BCUT2D eigenvalue weighted by molar-refractivity contribution is 7.09. The molecule has 1 aliphatic carbocycles. The number of rotatable bonds is 5. The van der Waals surface area contributed by atoms with E-state index < -0.39 is 0 Å². The van der Waals surface area contributed by atoms with Gasteiger partial charge in [0.2, 0.25) is 0 Å². The van der Waals surface area contributed by atoms with E-state index >= 15 is 0 Å². The minimum atomic E-state index is 0.824. The molecule has 106 valence electrons. The van der Waals surface area contributed by atoms with Gasteiger partial charge in [0, 0.05) is 4.88 Å². The van der Waals surface area contributed by atoms with Gasteiger partial charge in [0.25, 0.3) is 0 Å². The summed E-state index contributed by atoms with van der Waals surface area (Å²) < 4.78 is 0. The summed E-state index contributed by atoms with van der Waals surface area (Å²) in [7, 11) is 0. The van der Waals surface area contributed by atoms with Crippen LogP contribution >= 0.6 is 11.3 Å². The molecule has 4 rings (SSSR count). The number of fused-ring (bicyclic) bond motifs is 1. The Morgan fingerprint density at radius 3 is 2.52 bits per heavy atom. The largest absolute Gasteiger partial charge is 0.149 e. The molecule has 1 unspecified atom stereocenters. The monoisotopic (exact) mass is 292 g/mol. The number of benzene rings is 2. The molecule has 1 heteroatoms. The molecule has 0 saturated heterocycles. The molecule has 0 amide bonds. The third kappa shape index (κ3) is 3.03. The van der Waals surface area contributed by atoms with Crippen molar-refractivity contribution in [3.8, 4) is 0 Å². The first-order chi connectivity index (χ1) is 10.4. The molecule has 3 aromatic rings. The van der Waals surface area contributed by atoms with Crippen LogP contribution in [0.2, 0.25) is 0 Å². The Labute approximate surface area is 130 Å². The van der Waals surface area contributed by atoms with Crippen molar-refractivity contribution in [2.24, 2.45) is 11.8 Å². The zero-order valence-electron chi connectivity index (χ0n) is 12.2. The van der Waals surface area contributed by atoms with Crippen LogP contribution in [0.15, 0.2) is 60.0 Å². The first kappa shape index (κ1) is 13.1. The van der Waals surface area contributed by atoms with Crippen molar-refractivity contribution in [2.45, 2.75) is 25.7 Å². The zero-order valence-corrected chi connectivity index (χ0v) is 13.0. The van der Waals surface area contributed by atoms with Crippen LogP contribution < -0.4 is 0 Å². The lowest BCUT2D eigenvalue weighted by Crippen LogP contribution is -2.10. The minimum Gasteiger partial charge on any atom is -0.149 e. The maximum absolute atomic E-state index is 2.39. The normalized spacial score (nSPS) is 16.2. The van der Waals surface area contributed by atoms with Gasteiger partial charge in [0.1, 0.15) is 0 Å². The van der Waals surface area contributed by atoms with E-state index in [9.17, 15) is 0 Å². The van der Waals surface area contributed by atoms with E-state index in [4.69, 9.17) is 0 Å². The third-order valence-corrected chi connectivity index (χ3v) is 5.54. The van der Waals surface area contributed by atoms with E-state index in [1.54, 1.807) is 4.88 Å². The topological polar surface area (TPSA) is 0 Å². The fourth-order valence-corrected chi connectivity index (χ4v) is 4.13. The molecule has 0 spiro atoms. The minimum absolute atomic E-state index is 0.824. The summed E-state index contributed by atoms with van der Waals surface area (Å²) in [6.07, 6.45) is 5.36.